The monoisotopic (exact) mass is 221 g/mol. The number of carbonyl (C=O) groups is 1. The minimum absolute atomic E-state index is 0.164. The first-order valence-electron chi connectivity index (χ1n) is 4.85. The highest BCUT2D eigenvalue weighted by Crippen LogP contribution is 2.20. The molecular formula is C10H11N3O3. The van der Waals surface area contributed by atoms with E-state index in [4.69, 9.17) is 9.15 Å². The van der Waals surface area contributed by atoms with E-state index in [0.29, 0.717) is 12.5 Å². The summed E-state index contributed by atoms with van der Waals surface area (Å²) in [5.74, 6) is -0.132. The molecule has 0 aliphatic carbocycles. The van der Waals surface area contributed by atoms with Gasteiger partial charge in [0.2, 0.25) is 5.89 Å². The summed E-state index contributed by atoms with van der Waals surface area (Å²) < 4.78 is 9.99. The van der Waals surface area contributed by atoms with Crippen molar-refractivity contribution in [2.75, 3.05) is 6.61 Å². The molecule has 16 heavy (non-hydrogen) atoms. The van der Waals surface area contributed by atoms with Crippen LogP contribution >= 0.6 is 0 Å². The number of nitrogens with one attached hydrogen (secondary N) is 1. The van der Waals surface area contributed by atoms with Crippen molar-refractivity contribution in [3.05, 3.63) is 23.8 Å². The average molecular weight is 221 g/mol. The highest BCUT2D eigenvalue weighted by atomic mass is 16.5. The van der Waals surface area contributed by atoms with Gasteiger partial charge in [-0.2, -0.15) is 5.10 Å². The summed E-state index contributed by atoms with van der Waals surface area (Å²) in [4.78, 5) is 15.4. The topological polar surface area (TPSA) is 81.0 Å². The number of ether oxygens (including phenoxy) is 1. The molecule has 0 spiro atoms. The van der Waals surface area contributed by atoms with Crippen molar-refractivity contribution in [3.8, 4) is 11.5 Å². The highest BCUT2D eigenvalue weighted by molar-refractivity contribution is 5.87. The first-order chi connectivity index (χ1) is 7.72. The van der Waals surface area contributed by atoms with Crippen LogP contribution < -0.4 is 0 Å². The second-order valence-corrected chi connectivity index (χ2v) is 3.17. The van der Waals surface area contributed by atoms with E-state index in [0.717, 1.165) is 11.3 Å². The second kappa shape index (κ2) is 4.18. The van der Waals surface area contributed by atoms with Crippen LogP contribution in [0.2, 0.25) is 0 Å². The number of aryl methyl sites for hydroxylation is 1. The second-order valence-electron chi connectivity index (χ2n) is 3.17. The van der Waals surface area contributed by atoms with Crippen LogP contribution in [0, 0.1) is 6.92 Å². The van der Waals surface area contributed by atoms with Gasteiger partial charge in [-0.25, -0.2) is 9.78 Å². The first kappa shape index (κ1) is 10.4. The summed E-state index contributed by atoms with van der Waals surface area (Å²) in [5.41, 5.74) is 1.73. The molecule has 6 heteroatoms. The molecule has 1 N–H and O–H groups in total. The molecule has 6 nitrogen and oxygen atoms in total. The predicted molar refractivity (Wildman–Crippen MR) is 54.8 cm³/mol. The number of aromatic nitrogens is 3. The van der Waals surface area contributed by atoms with Crippen LogP contribution in [0.15, 0.2) is 16.9 Å². The van der Waals surface area contributed by atoms with Gasteiger partial charge in [-0.3, -0.25) is 5.10 Å². The van der Waals surface area contributed by atoms with Crippen LogP contribution in [0.3, 0.4) is 0 Å². The van der Waals surface area contributed by atoms with Gasteiger partial charge in [0.15, 0.2) is 5.69 Å². The van der Waals surface area contributed by atoms with Gasteiger partial charge >= 0.3 is 5.97 Å². The Balaban J connectivity index is 2.26. The van der Waals surface area contributed by atoms with E-state index in [9.17, 15) is 4.79 Å². The Kier molecular flexibility index (Phi) is 2.72. The molecule has 84 valence electrons. The SMILES string of the molecule is CCOC(=O)c1coc(-c2cn[nH]c2C)n1. The number of rotatable bonds is 3. The van der Waals surface area contributed by atoms with Gasteiger partial charge in [0, 0.05) is 5.69 Å². The van der Waals surface area contributed by atoms with Crippen molar-refractivity contribution in [1.29, 1.82) is 0 Å². The first-order valence-corrected chi connectivity index (χ1v) is 4.85. The summed E-state index contributed by atoms with van der Waals surface area (Å²) in [6.07, 6.45) is 2.87. The van der Waals surface area contributed by atoms with Gasteiger partial charge in [0.1, 0.15) is 6.26 Å². The minimum Gasteiger partial charge on any atom is -0.461 e. The number of oxazole rings is 1. The summed E-state index contributed by atoms with van der Waals surface area (Å²) in [6.45, 7) is 3.89. The lowest BCUT2D eigenvalue weighted by Gasteiger charge is -1.94. The lowest BCUT2D eigenvalue weighted by Crippen LogP contribution is -2.04. The minimum atomic E-state index is -0.487. The molecule has 0 atom stereocenters. The van der Waals surface area contributed by atoms with Crippen LogP contribution in [0.1, 0.15) is 23.1 Å². The number of hydrogen-bond donors (Lipinski definition) is 1. The van der Waals surface area contributed by atoms with Gasteiger partial charge in [0.05, 0.1) is 18.4 Å². The summed E-state index contributed by atoms with van der Waals surface area (Å²) >= 11 is 0. The van der Waals surface area contributed by atoms with Crippen molar-refractivity contribution in [1.82, 2.24) is 15.2 Å². The molecule has 0 aliphatic heterocycles. The van der Waals surface area contributed by atoms with Crippen LogP contribution in [-0.2, 0) is 4.74 Å². The molecule has 0 amide bonds. The van der Waals surface area contributed by atoms with Crippen LogP contribution in [0.5, 0.6) is 0 Å². The van der Waals surface area contributed by atoms with Gasteiger partial charge < -0.3 is 9.15 Å². The zero-order valence-corrected chi connectivity index (χ0v) is 8.98. The van der Waals surface area contributed by atoms with Gasteiger partial charge in [-0.1, -0.05) is 0 Å². The zero-order valence-electron chi connectivity index (χ0n) is 8.98. The number of hydrogen-bond acceptors (Lipinski definition) is 5. The fourth-order valence-electron chi connectivity index (χ4n) is 1.26. The van der Waals surface area contributed by atoms with Gasteiger partial charge in [-0.05, 0) is 13.8 Å². The smallest absolute Gasteiger partial charge is 0.360 e. The zero-order chi connectivity index (χ0) is 11.5. The molecule has 0 fully saturated rings. The van der Waals surface area contributed by atoms with E-state index in [2.05, 4.69) is 15.2 Å². The maximum atomic E-state index is 11.3. The molecule has 0 unspecified atom stereocenters. The molecule has 2 aromatic heterocycles. The molecule has 0 saturated carbocycles. The third kappa shape index (κ3) is 1.81. The normalized spacial score (nSPS) is 10.4. The van der Waals surface area contributed by atoms with Gasteiger partial charge in [-0.15, -0.1) is 0 Å². The quantitative estimate of drug-likeness (QED) is 0.795. The van der Waals surface area contributed by atoms with Crippen molar-refractivity contribution in [2.24, 2.45) is 0 Å². The number of carbonyl (C=O) groups excluding carboxylic acids is 1. The van der Waals surface area contributed by atoms with E-state index in [1.54, 1.807) is 13.1 Å². The van der Waals surface area contributed by atoms with Gasteiger partial charge in [0.25, 0.3) is 0 Å². The van der Waals surface area contributed by atoms with E-state index >= 15 is 0 Å². The Bertz CT molecular complexity index is 501. The summed E-state index contributed by atoms with van der Waals surface area (Å²) in [7, 11) is 0. The number of esters is 1. The number of H-pyrrole nitrogens is 1. The maximum absolute atomic E-state index is 11.3. The molecule has 2 rings (SSSR count). The van der Waals surface area contributed by atoms with Crippen LogP contribution in [0.25, 0.3) is 11.5 Å². The van der Waals surface area contributed by atoms with E-state index in [-0.39, 0.29) is 5.69 Å². The molecular weight excluding hydrogens is 210 g/mol. The molecule has 0 aromatic carbocycles. The van der Waals surface area contributed by atoms with Crippen LogP contribution in [-0.4, -0.2) is 27.8 Å². The third-order valence-corrected chi connectivity index (χ3v) is 2.05. The Morgan fingerprint density at radius 2 is 2.44 bits per heavy atom. The molecule has 2 heterocycles. The van der Waals surface area contributed by atoms with Crippen molar-refractivity contribution < 1.29 is 13.9 Å². The Labute approximate surface area is 91.6 Å². The van der Waals surface area contributed by atoms with E-state index in [1.807, 2.05) is 6.92 Å². The summed E-state index contributed by atoms with van der Waals surface area (Å²) in [5, 5.41) is 6.61. The predicted octanol–water partition coefficient (Wildman–Crippen LogP) is 1.55. The lowest BCUT2D eigenvalue weighted by atomic mass is 10.3. The number of aromatic amines is 1. The van der Waals surface area contributed by atoms with E-state index < -0.39 is 5.97 Å². The third-order valence-electron chi connectivity index (χ3n) is 2.05. The molecule has 0 radical (unpaired) electrons. The number of nitrogens with zero attached hydrogens (tertiary/aromatic N) is 2. The Morgan fingerprint density at radius 1 is 1.62 bits per heavy atom. The standard InChI is InChI=1S/C10H11N3O3/c1-3-15-10(14)8-5-16-9(12-8)7-4-11-13-6(7)2/h4-5H,3H2,1-2H3,(H,11,13). The molecule has 0 bridgehead atoms. The summed E-state index contributed by atoms with van der Waals surface area (Å²) in [6, 6.07) is 0. The fourth-order valence-corrected chi connectivity index (χ4v) is 1.26. The largest absolute Gasteiger partial charge is 0.461 e. The maximum Gasteiger partial charge on any atom is 0.360 e. The van der Waals surface area contributed by atoms with Crippen molar-refractivity contribution >= 4 is 5.97 Å². The van der Waals surface area contributed by atoms with Crippen molar-refractivity contribution in [3.63, 3.8) is 0 Å². The van der Waals surface area contributed by atoms with E-state index in [1.165, 1.54) is 6.26 Å². The Morgan fingerprint density at radius 3 is 3.06 bits per heavy atom. The van der Waals surface area contributed by atoms with Crippen molar-refractivity contribution in [2.45, 2.75) is 13.8 Å². The Hall–Kier alpha value is -2.11. The lowest BCUT2D eigenvalue weighted by molar-refractivity contribution is 0.0519. The molecule has 0 aliphatic rings. The molecule has 2 aromatic rings. The molecule has 0 saturated heterocycles. The average Bonchev–Trinajstić information content (AvgIpc) is 2.86. The highest BCUT2D eigenvalue weighted by Gasteiger charge is 2.16. The van der Waals surface area contributed by atoms with Crippen LogP contribution in [0.4, 0.5) is 0 Å². The fraction of sp³-hybridized carbons (Fsp3) is 0.300.